The molecule has 4 aromatic rings. The number of ether oxygens (including phenoxy) is 1. The Kier molecular flexibility index (Phi) is 5.74. The highest BCUT2D eigenvalue weighted by molar-refractivity contribution is 5.99. The van der Waals surface area contributed by atoms with Crippen LogP contribution in [0.3, 0.4) is 0 Å². The smallest absolute Gasteiger partial charge is 0.450 e. The Bertz CT molecular complexity index is 1330. The van der Waals surface area contributed by atoms with Crippen LogP contribution in [-0.4, -0.2) is 57.2 Å². The molecule has 34 heavy (non-hydrogen) atoms. The van der Waals surface area contributed by atoms with E-state index in [9.17, 15) is 18.0 Å². The first kappa shape index (κ1) is 22.4. The summed E-state index contributed by atoms with van der Waals surface area (Å²) in [5.74, 6) is -1.54. The fraction of sp³-hybridized carbons (Fsp3) is 0.348. The number of nitrogens with one attached hydrogen (secondary N) is 2. The summed E-state index contributed by atoms with van der Waals surface area (Å²) in [6.07, 6.45) is -3.55. The van der Waals surface area contributed by atoms with Crippen LogP contribution in [-0.2, 0) is 23.9 Å². The summed E-state index contributed by atoms with van der Waals surface area (Å²) in [6, 6.07) is 7.06. The van der Waals surface area contributed by atoms with Crippen molar-refractivity contribution in [3.63, 3.8) is 0 Å². The van der Waals surface area contributed by atoms with Gasteiger partial charge < -0.3 is 14.1 Å². The number of aromatic nitrogens is 4. The Hall–Kier alpha value is -3.44. The van der Waals surface area contributed by atoms with Crippen molar-refractivity contribution in [1.29, 1.82) is 0 Å². The highest BCUT2D eigenvalue weighted by atomic mass is 19.4. The van der Waals surface area contributed by atoms with Crippen molar-refractivity contribution < 1.29 is 27.1 Å². The Morgan fingerprint density at radius 3 is 2.76 bits per heavy atom. The molecule has 1 aliphatic heterocycles. The first-order valence-corrected chi connectivity index (χ1v) is 10.8. The van der Waals surface area contributed by atoms with Gasteiger partial charge in [0.15, 0.2) is 11.6 Å². The zero-order chi connectivity index (χ0) is 23.9. The number of nitrogens with zero attached hydrogens (tertiary/aromatic N) is 3. The molecule has 0 unspecified atom stereocenters. The van der Waals surface area contributed by atoms with Gasteiger partial charge in [0.05, 0.1) is 29.8 Å². The number of benzene rings is 1. The minimum Gasteiger partial charge on any atom is -0.456 e. The lowest BCUT2D eigenvalue weighted by atomic mass is 10.0. The van der Waals surface area contributed by atoms with Crippen LogP contribution in [0, 0.1) is 6.92 Å². The quantitative estimate of drug-likeness (QED) is 0.409. The first-order chi connectivity index (χ1) is 16.3. The van der Waals surface area contributed by atoms with Gasteiger partial charge in [0.1, 0.15) is 11.5 Å². The van der Waals surface area contributed by atoms with Crippen LogP contribution in [0.25, 0.3) is 22.6 Å². The lowest BCUT2D eigenvalue weighted by molar-refractivity contribution is -0.153. The lowest BCUT2D eigenvalue weighted by Gasteiger charge is -2.26. The number of halogens is 3. The highest BCUT2D eigenvalue weighted by Crippen LogP contribution is 2.35. The second kappa shape index (κ2) is 8.73. The largest absolute Gasteiger partial charge is 0.456 e. The molecule has 1 aromatic carbocycles. The van der Waals surface area contributed by atoms with Gasteiger partial charge >= 0.3 is 6.18 Å². The molecule has 11 heteroatoms. The third-order valence-electron chi connectivity index (χ3n) is 5.77. The molecule has 2 N–H and O–H groups in total. The van der Waals surface area contributed by atoms with Gasteiger partial charge in [-0.15, -0.1) is 0 Å². The van der Waals surface area contributed by atoms with E-state index in [1.54, 1.807) is 0 Å². The fourth-order valence-electron chi connectivity index (χ4n) is 4.13. The van der Waals surface area contributed by atoms with Crippen LogP contribution in [0.4, 0.5) is 13.2 Å². The number of rotatable bonds is 6. The minimum absolute atomic E-state index is 0.0215. The Morgan fingerprint density at radius 1 is 1.21 bits per heavy atom. The van der Waals surface area contributed by atoms with Gasteiger partial charge in [-0.2, -0.15) is 18.3 Å². The summed E-state index contributed by atoms with van der Waals surface area (Å²) in [7, 11) is 0. The van der Waals surface area contributed by atoms with E-state index >= 15 is 0 Å². The van der Waals surface area contributed by atoms with Gasteiger partial charge in [0.25, 0.3) is 0 Å². The molecule has 0 radical (unpaired) electrons. The molecule has 0 aliphatic carbocycles. The average molecular weight is 473 g/mol. The number of aryl methyl sites for hydroxylation is 1. The predicted octanol–water partition coefficient (Wildman–Crippen LogP) is 4.13. The van der Waals surface area contributed by atoms with E-state index in [2.05, 4.69) is 25.1 Å². The molecule has 8 nitrogen and oxygen atoms in total. The van der Waals surface area contributed by atoms with Crippen LogP contribution < -0.4 is 0 Å². The first-order valence-electron chi connectivity index (χ1n) is 10.8. The second-order valence-electron chi connectivity index (χ2n) is 8.28. The molecule has 1 saturated heterocycles. The van der Waals surface area contributed by atoms with Crippen molar-refractivity contribution in [2.24, 2.45) is 0 Å². The third kappa shape index (κ3) is 4.48. The van der Waals surface area contributed by atoms with E-state index in [1.165, 1.54) is 13.1 Å². The van der Waals surface area contributed by atoms with Crippen molar-refractivity contribution >= 4 is 16.8 Å². The molecule has 4 heterocycles. The number of ketones is 1. The zero-order valence-electron chi connectivity index (χ0n) is 18.3. The number of hydrogen-bond acceptors (Lipinski definition) is 6. The molecule has 0 bridgehead atoms. The lowest BCUT2D eigenvalue weighted by Crippen LogP contribution is -2.35. The van der Waals surface area contributed by atoms with Crippen LogP contribution in [0.2, 0.25) is 0 Å². The molecule has 178 valence electrons. The summed E-state index contributed by atoms with van der Waals surface area (Å²) in [5.41, 5.74) is 2.98. The number of carbonyl (C=O) groups excluding carboxylic acids is 1. The number of furan rings is 1. The van der Waals surface area contributed by atoms with Crippen molar-refractivity contribution in [2.45, 2.75) is 26.1 Å². The van der Waals surface area contributed by atoms with Gasteiger partial charge in [0.2, 0.25) is 5.76 Å². The van der Waals surface area contributed by atoms with E-state index in [4.69, 9.17) is 9.15 Å². The van der Waals surface area contributed by atoms with Crippen LogP contribution in [0.1, 0.15) is 33.0 Å². The summed E-state index contributed by atoms with van der Waals surface area (Å²) in [5, 5.41) is 6.87. The Morgan fingerprint density at radius 2 is 2.00 bits per heavy atom. The Balaban J connectivity index is 1.38. The Labute approximate surface area is 192 Å². The highest BCUT2D eigenvalue weighted by Gasteiger charge is 2.40. The summed E-state index contributed by atoms with van der Waals surface area (Å²) in [6.45, 7) is 5.35. The van der Waals surface area contributed by atoms with Crippen LogP contribution >= 0.6 is 0 Å². The average Bonchev–Trinajstić information content (AvgIpc) is 3.51. The van der Waals surface area contributed by atoms with Crippen LogP contribution in [0.5, 0.6) is 0 Å². The monoisotopic (exact) mass is 473 g/mol. The fourth-order valence-corrected chi connectivity index (χ4v) is 4.13. The van der Waals surface area contributed by atoms with E-state index in [0.29, 0.717) is 17.1 Å². The van der Waals surface area contributed by atoms with Crippen LogP contribution in [0.15, 0.2) is 34.9 Å². The number of morpholine rings is 1. The van der Waals surface area contributed by atoms with Gasteiger partial charge in [-0.3, -0.25) is 14.8 Å². The maximum atomic E-state index is 13.3. The van der Waals surface area contributed by atoms with E-state index in [-0.39, 0.29) is 12.2 Å². The molecule has 0 atom stereocenters. The number of fused-ring (bicyclic) bond motifs is 1. The van der Waals surface area contributed by atoms with Crippen molar-refractivity contribution in [2.75, 3.05) is 26.3 Å². The normalized spacial score (nSPS) is 15.3. The van der Waals surface area contributed by atoms with Crippen molar-refractivity contribution in [1.82, 2.24) is 25.1 Å². The number of imidazole rings is 1. The number of Topliss-reactive ketones (excluding diaryl/α,β-unsaturated/α-hetero) is 1. The number of hydrogen-bond donors (Lipinski definition) is 2. The van der Waals surface area contributed by atoms with Gasteiger partial charge in [0, 0.05) is 37.8 Å². The molecule has 1 aliphatic rings. The van der Waals surface area contributed by atoms with Gasteiger partial charge in [-0.05, 0) is 30.7 Å². The molecule has 0 spiro atoms. The SMILES string of the molecule is Cc1cc(C(=O)Cc2c[nH]nc2-c2nc3cc(CN4CCOCC4)ccc3[nH]2)c(C(F)(F)F)o1. The number of H-pyrrole nitrogens is 2. The number of alkyl halides is 3. The number of carbonyl (C=O) groups is 1. The third-order valence-corrected chi connectivity index (χ3v) is 5.77. The maximum absolute atomic E-state index is 13.3. The molecule has 0 amide bonds. The van der Waals surface area contributed by atoms with Gasteiger partial charge in [-0.1, -0.05) is 6.07 Å². The second-order valence-corrected chi connectivity index (χ2v) is 8.28. The zero-order valence-corrected chi connectivity index (χ0v) is 18.3. The topological polar surface area (TPSA) is 100 Å². The molecule has 0 saturated carbocycles. The molecule has 5 rings (SSSR count). The summed E-state index contributed by atoms with van der Waals surface area (Å²) in [4.78, 5) is 22.8. The maximum Gasteiger partial charge on any atom is 0.450 e. The molecule has 3 aromatic heterocycles. The molecular formula is C23H22F3N5O3. The van der Waals surface area contributed by atoms with E-state index in [0.717, 1.165) is 55.5 Å². The number of aromatic amines is 2. The van der Waals surface area contributed by atoms with E-state index in [1.807, 2.05) is 18.2 Å². The van der Waals surface area contributed by atoms with Crippen molar-refractivity contribution in [3.05, 3.63) is 58.7 Å². The predicted molar refractivity (Wildman–Crippen MR) is 116 cm³/mol. The van der Waals surface area contributed by atoms with Crippen molar-refractivity contribution in [3.8, 4) is 11.5 Å². The van der Waals surface area contributed by atoms with E-state index < -0.39 is 23.3 Å². The minimum atomic E-state index is -4.75. The molecular weight excluding hydrogens is 451 g/mol. The van der Waals surface area contributed by atoms with Gasteiger partial charge in [-0.25, -0.2) is 4.98 Å². The summed E-state index contributed by atoms with van der Waals surface area (Å²) < 4.78 is 49.9. The standard InChI is InChI=1S/C23H22F3N5O3/c1-13-8-16(21(34-13)23(24,25)26)19(32)10-15-11-27-30-20(15)22-28-17-3-2-14(9-18(17)29-22)12-31-4-6-33-7-5-31/h2-3,8-9,11H,4-7,10,12H2,1H3,(H,27,30)(H,28,29). The summed E-state index contributed by atoms with van der Waals surface area (Å²) >= 11 is 0. The molecule has 1 fully saturated rings.